The van der Waals surface area contributed by atoms with E-state index in [9.17, 15) is 4.79 Å². The summed E-state index contributed by atoms with van der Waals surface area (Å²) in [4.78, 5) is 11.3. The molecule has 0 aliphatic rings. The third kappa shape index (κ3) is 6.56. The number of carbonyl (C=O) groups excluding carboxylic acids is 1. The molecule has 0 bridgehead atoms. The van der Waals surface area contributed by atoms with Crippen molar-refractivity contribution in [3.8, 4) is 0 Å². The Morgan fingerprint density at radius 1 is 1.24 bits per heavy atom. The molecule has 0 N–H and O–H groups in total. The van der Waals surface area contributed by atoms with Crippen LogP contribution >= 0.6 is 0 Å². The van der Waals surface area contributed by atoms with Gasteiger partial charge < -0.3 is 4.74 Å². The molecule has 0 fully saturated rings. The number of esters is 1. The smallest absolute Gasteiger partial charge is 0.309 e. The molecule has 2 heteroatoms. The second-order valence-corrected chi connectivity index (χ2v) is 3.89. The molecule has 0 amide bonds. The van der Waals surface area contributed by atoms with Crippen LogP contribution in [-0.4, -0.2) is 12.6 Å². The van der Waals surface area contributed by atoms with Crippen LogP contribution in [0.5, 0.6) is 0 Å². The standard InChI is InChI=1S/C15H20O2/c1-2-3-5-12-15(16)17-13-8-11-14-9-6-4-7-10-14/h3-7,9-10H,2,8,11-13H2,1H3/b5-3+. The Labute approximate surface area is 103 Å². The monoisotopic (exact) mass is 232 g/mol. The molecular formula is C15H20O2. The first-order valence-electron chi connectivity index (χ1n) is 6.17. The van der Waals surface area contributed by atoms with Crippen molar-refractivity contribution in [3.05, 3.63) is 48.0 Å². The van der Waals surface area contributed by atoms with E-state index in [0.29, 0.717) is 13.0 Å². The summed E-state index contributed by atoms with van der Waals surface area (Å²) in [5.41, 5.74) is 1.29. The van der Waals surface area contributed by atoms with Gasteiger partial charge in [-0.2, -0.15) is 0 Å². The van der Waals surface area contributed by atoms with Gasteiger partial charge in [-0.05, 0) is 24.8 Å². The van der Waals surface area contributed by atoms with E-state index in [1.165, 1.54) is 5.56 Å². The SMILES string of the molecule is CC/C=C/CC(=O)OCCCc1ccccc1. The van der Waals surface area contributed by atoms with Crippen molar-refractivity contribution in [2.24, 2.45) is 0 Å². The van der Waals surface area contributed by atoms with E-state index in [1.54, 1.807) is 0 Å². The Kier molecular flexibility index (Phi) is 6.80. The summed E-state index contributed by atoms with van der Waals surface area (Å²) in [5.74, 6) is -0.136. The van der Waals surface area contributed by atoms with Crippen molar-refractivity contribution in [1.82, 2.24) is 0 Å². The van der Waals surface area contributed by atoms with Gasteiger partial charge in [-0.3, -0.25) is 4.79 Å². The normalized spacial score (nSPS) is 10.6. The molecule has 0 aliphatic heterocycles. The molecule has 0 spiro atoms. The molecular weight excluding hydrogens is 212 g/mol. The van der Waals surface area contributed by atoms with Crippen molar-refractivity contribution in [1.29, 1.82) is 0 Å². The Morgan fingerprint density at radius 3 is 2.71 bits per heavy atom. The van der Waals surface area contributed by atoms with Gasteiger partial charge in [0, 0.05) is 0 Å². The molecule has 92 valence electrons. The van der Waals surface area contributed by atoms with Crippen LogP contribution in [0.2, 0.25) is 0 Å². The van der Waals surface area contributed by atoms with E-state index in [2.05, 4.69) is 12.1 Å². The fourth-order valence-corrected chi connectivity index (χ4v) is 1.51. The van der Waals surface area contributed by atoms with E-state index in [1.807, 2.05) is 37.3 Å². The van der Waals surface area contributed by atoms with E-state index < -0.39 is 0 Å². The van der Waals surface area contributed by atoms with Gasteiger partial charge in [0.25, 0.3) is 0 Å². The Morgan fingerprint density at radius 2 is 2.00 bits per heavy atom. The highest BCUT2D eigenvalue weighted by Crippen LogP contribution is 2.02. The first kappa shape index (κ1) is 13.5. The van der Waals surface area contributed by atoms with Crippen LogP contribution in [0.15, 0.2) is 42.5 Å². The van der Waals surface area contributed by atoms with Gasteiger partial charge in [-0.1, -0.05) is 49.4 Å². The first-order chi connectivity index (χ1) is 8.33. The highest BCUT2D eigenvalue weighted by Gasteiger charge is 1.99. The summed E-state index contributed by atoms with van der Waals surface area (Å²) in [5, 5.41) is 0. The first-order valence-corrected chi connectivity index (χ1v) is 6.17. The average Bonchev–Trinajstić information content (AvgIpc) is 2.36. The van der Waals surface area contributed by atoms with Crippen molar-refractivity contribution in [2.75, 3.05) is 6.61 Å². The number of carbonyl (C=O) groups is 1. The van der Waals surface area contributed by atoms with Crippen LogP contribution in [0.25, 0.3) is 0 Å². The third-order valence-electron chi connectivity index (χ3n) is 2.40. The van der Waals surface area contributed by atoms with Gasteiger partial charge in [0.2, 0.25) is 0 Å². The van der Waals surface area contributed by atoms with Gasteiger partial charge in [0.1, 0.15) is 0 Å². The topological polar surface area (TPSA) is 26.3 Å². The molecule has 0 heterocycles. The highest BCUT2D eigenvalue weighted by atomic mass is 16.5. The molecule has 2 nitrogen and oxygen atoms in total. The van der Waals surface area contributed by atoms with Crippen LogP contribution in [0.3, 0.4) is 0 Å². The van der Waals surface area contributed by atoms with Crippen molar-refractivity contribution in [2.45, 2.75) is 32.6 Å². The molecule has 1 aromatic rings. The van der Waals surface area contributed by atoms with Gasteiger partial charge in [-0.15, -0.1) is 0 Å². The van der Waals surface area contributed by atoms with Gasteiger partial charge in [-0.25, -0.2) is 0 Å². The number of ether oxygens (including phenoxy) is 1. The highest BCUT2D eigenvalue weighted by molar-refractivity contribution is 5.71. The maximum atomic E-state index is 11.3. The van der Waals surface area contributed by atoms with Crippen molar-refractivity contribution < 1.29 is 9.53 Å². The van der Waals surface area contributed by atoms with Crippen molar-refractivity contribution in [3.63, 3.8) is 0 Å². The molecule has 0 aromatic heterocycles. The molecule has 0 saturated carbocycles. The quantitative estimate of drug-likeness (QED) is 0.408. The van der Waals surface area contributed by atoms with Crippen LogP contribution in [0.1, 0.15) is 31.7 Å². The molecule has 17 heavy (non-hydrogen) atoms. The molecule has 0 radical (unpaired) electrons. The zero-order valence-electron chi connectivity index (χ0n) is 10.4. The summed E-state index contributed by atoms with van der Waals surface area (Å²) in [6, 6.07) is 10.2. The zero-order valence-corrected chi connectivity index (χ0v) is 10.4. The molecule has 0 saturated heterocycles. The lowest BCUT2D eigenvalue weighted by molar-refractivity contribution is -0.142. The van der Waals surface area contributed by atoms with Crippen LogP contribution in [0.4, 0.5) is 0 Å². The zero-order chi connectivity index (χ0) is 12.3. The van der Waals surface area contributed by atoms with Gasteiger partial charge in [0.15, 0.2) is 0 Å². The number of aryl methyl sites for hydroxylation is 1. The lowest BCUT2D eigenvalue weighted by Crippen LogP contribution is -2.05. The Balaban J connectivity index is 2.08. The summed E-state index contributed by atoms with van der Waals surface area (Å²) in [6.45, 7) is 2.55. The number of benzene rings is 1. The second kappa shape index (κ2) is 8.57. The maximum absolute atomic E-state index is 11.3. The fourth-order valence-electron chi connectivity index (χ4n) is 1.51. The minimum absolute atomic E-state index is 0.136. The number of hydrogen-bond acceptors (Lipinski definition) is 2. The minimum Gasteiger partial charge on any atom is -0.465 e. The second-order valence-electron chi connectivity index (χ2n) is 3.89. The molecule has 1 aromatic carbocycles. The van der Waals surface area contributed by atoms with E-state index in [4.69, 9.17) is 4.74 Å². The van der Waals surface area contributed by atoms with Crippen LogP contribution in [0, 0.1) is 0 Å². The van der Waals surface area contributed by atoms with E-state index >= 15 is 0 Å². The molecule has 1 rings (SSSR count). The fraction of sp³-hybridized carbons (Fsp3) is 0.400. The Bertz CT molecular complexity index is 341. The largest absolute Gasteiger partial charge is 0.465 e. The lowest BCUT2D eigenvalue weighted by Gasteiger charge is -2.03. The summed E-state index contributed by atoms with van der Waals surface area (Å²) < 4.78 is 5.12. The van der Waals surface area contributed by atoms with Gasteiger partial charge in [0.05, 0.1) is 13.0 Å². The Hall–Kier alpha value is -1.57. The van der Waals surface area contributed by atoms with E-state index in [0.717, 1.165) is 19.3 Å². The maximum Gasteiger partial charge on any atom is 0.309 e. The molecule has 0 unspecified atom stereocenters. The van der Waals surface area contributed by atoms with Crippen molar-refractivity contribution >= 4 is 5.97 Å². The minimum atomic E-state index is -0.136. The summed E-state index contributed by atoms with van der Waals surface area (Å²) >= 11 is 0. The summed E-state index contributed by atoms with van der Waals surface area (Å²) in [7, 11) is 0. The van der Waals surface area contributed by atoms with Crippen LogP contribution in [-0.2, 0) is 16.0 Å². The number of allylic oxidation sites excluding steroid dienone is 1. The van der Waals surface area contributed by atoms with Gasteiger partial charge >= 0.3 is 5.97 Å². The predicted molar refractivity (Wildman–Crippen MR) is 69.8 cm³/mol. The summed E-state index contributed by atoms with van der Waals surface area (Å²) in [6.07, 6.45) is 7.03. The predicted octanol–water partition coefficient (Wildman–Crippen LogP) is 3.52. The lowest BCUT2D eigenvalue weighted by atomic mass is 10.1. The average molecular weight is 232 g/mol. The number of hydrogen-bond donors (Lipinski definition) is 0. The molecule has 0 aliphatic carbocycles. The van der Waals surface area contributed by atoms with E-state index in [-0.39, 0.29) is 5.97 Å². The third-order valence-corrected chi connectivity index (χ3v) is 2.40. The number of rotatable bonds is 7. The molecule has 0 atom stereocenters. The van der Waals surface area contributed by atoms with Crippen LogP contribution < -0.4 is 0 Å².